The molecule has 2 aliphatic rings. The van der Waals surface area contributed by atoms with E-state index in [0.29, 0.717) is 31.1 Å². The number of sulfonamides is 1. The third-order valence-corrected chi connectivity index (χ3v) is 20.3. The fourth-order valence-electron chi connectivity index (χ4n) is 7.92. The summed E-state index contributed by atoms with van der Waals surface area (Å²) >= 11 is 0. The number of alkyl carbamates (subject to hydrolysis) is 1. The Morgan fingerprint density at radius 2 is 1.57 bits per heavy atom. The van der Waals surface area contributed by atoms with Crippen LogP contribution in [-0.2, 0) is 53.8 Å². The molecular formula is C46H68N3O13PSSi. The van der Waals surface area contributed by atoms with Crippen LogP contribution in [0.1, 0.15) is 60.5 Å². The number of carbonyl (C=O) groups excluding carboxylic acids is 2. The number of hydrogen-bond acceptors (Lipinski definition) is 14. The highest BCUT2D eigenvalue weighted by Gasteiger charge is 2.45. The molecule has 5 rings (SSSR count). The van der Waals surface area contributed by atoms with Gasteiger partial charge in [0, 0.05) is 26.2 Å². The quantitative estimate of drug-likeness (QED) is 0.0466. The Morgan fingerprint density at radius 3 is 2.18 bits per heavy atom. The number of nitrogens with one attached hydrogen (secondary N) is 2. The summed E-state index contributed by atoms with van der Waals surface area (Å²) in [4.78, 5) is 26.6. The van der Waals surface area contributed by atoms with Crippen molar-refractivity contribution < 1.29 is 59.7 Å². The van der Waals surface area contributed by atoms with Crippen LogP contribution in [0.25, 0.3) is 0 Å². The van der Waals surface area contributed by atoms with E-state index in [9.17, 15) is 22.6 Å². The van der Waals surface area contributed by atoms with Crippen molar-refractivity contribution in [2.75, 3.05) is 46.6 Å². The molecule has 65 heavy (non-hydrogen) atoms. The normalized spacial score (nSPS) is 19.8. The van der Waals surface area contributed by atoms with E-state index in [0.717, 1.165) is 23.7 Å². The Hall–Kier alpha value is -3.84. The third kappa shape index (κ3) is 14.1. The molecule has 0 saturated carbocycles. The Morgan fingerprint density at radius 1 is 0.892 bits per heavy atom. The van der Waals surface area contributed by atoms with E-state index in [4.69, 9.17) is 37.2 Å². The van der Waals surface area contributed by atoms with Gasteiger partial charge >= 0.3 is 19.7 Å². The molecule has 0 bridgehead atoms. The van der Waals surface area contributed by atoms with Crippen LogP contribution in [0, 0.1) is 11.8 Å². The zero-order chi connectivity index (χ0) is 47.2. The summed E-state index contributed by atoms with van der Waals surface area (Å²) in [6.45, 7) is 14.8. The van der Waals surface area contributed by atoms with Gasteiger partial charge in [-0.3, -0.25) is 4.52 Å². The van der Waals surface area contributed by atoms with E-state index in [1.165, 1.54) is 30.5 Å². The summed E-state index contributed by atoms with van der Waals surface area (Å²) in [5.41, 5.74) is 0.788. The molecule has 2 heterocycles. The molecule has 0 spiro atoms. The Labute approximate surface area is 386 Å². The molecule has 2 saturated heterocycles. The first-order valence-electron chi connectivity index (χ1n) is 22.6. The third-order valence-electron chi connectivity index (χ3n) is 11.8. The van der Waals surface area contributed by atoms with Crippen LogP contribution in [0.15, 0.2) is 83.8 Å². The number of methoxy groups -OCH3 is 1. The van der Waals surface area contributed by atoms with E-state index in [1.807, 2.05) is 13.8 Å². The van der Waals surface area contributed by atoms with E-state index in [-0.39, 0.29) is 54.9 Å². The van der Waals surface area contributed by atoms with E-state index < -0.39 is 68.6 Å². The van der Waals surface area contributed by atoms with E-state index in [2.05, 4.69) is 31.4 Å². The smallest absolute Gasteiger partial charge is 0.411 e. The molecular weight excluding hydrogens is 894 g/mol. The van der Waals surface area contributed by atoms with Gasteiger partial charge in [-0.1, -0.05) is 65.0 Å². The second-order valence-electron chi connectivity index (χ2n) is 16.7. The monoisotopic (exact) mass is 961 g/mol. The summed E-state index contributed by atoms with van der Waals surface area (Å²) in [6, 6.07) is 23.2. The molecule has 16 nitrogen and oxygen atoms in total. The maximum absolute atomic E-state index is 14.5. The molecule has 2 N–H and O–H groups in total. The highest BCUT2D eigenvalue weighted by atomic mass is 32.2. The molecule has 19 heteroatoms. The van der Waals surface area contributed by atoms with Gasteiger partial charge in [0.25, 0.3) is 0 Å². The number of benzene rings is 3. The summed E-state index contributed by atoms with van der Waals surface area (Å²) in [5, 5.41) is 6.78. The van der Waals surface area contributed by atoms with Crippen molar-refractivity contribution in [3.05, 3.63) is 84.4 Å². The van der Waals surface area contributed by atoms with E-state index >= 15 is 0 Å². The molecule has 0 aromatic heterocycles. The summed E-state index contributed by atoms with van der Waals surface area (Å²) in [5.74, 6) is 0.0331. The number of carbonyl (C=O) groups is 2. The average Bonchev–Trinajstić information content (AvgIpc) is 3.93. The molecule has 2 fully saturated rings. The van der Waals surface area contributed by atoms with Gasteiger partial charge in [0.2, 0.25) is 10.0 Å². The van der Waals surface area contributed by atoms with Gasteiger partial charge in [0.1, 0.15) is 17.6 Å². The van der Waals surface area contributed by atoms with Crippen LogP contribution in [0.2, 0.25) is 18.1 Å². The van der Waals surface area contributed by atoms with Crippen LogP contribution in [0.5, 0.6) is 11.5 Å². The maximum Gasteiger partial charge on any atom is 0.411 e. The lowest BCUT2D eigenvalue weighted by Gasteiger charge is -2.39. The highest BCUT2D eigenvalue weighted by molar-refractivity contribution is 7.89. The molecule has 2 aliphatic heterocycles. The number of amides is 1. The predicted molar refractivity (Wildman–Crippen MR) is 249 cm³/mol. The van der Waals surface area contributed by atoms with Gasteiger partial charge in [-0.05, 0) is 98.4 Å². The number of nitrogens with zero attached hydrogens (tertiary/aromatic N) is 1. The fourth-order valence-corrected chi connectivity index (χ4v) is 14.1. The van der Waals surface area contributed by atoms with Gasteiger partial charge < -0.3 is 43.3 Å². The van der Waals surface area contributed by atoms with Crippen molar-refractivity contribution in [2.24, 2.45) is 11.8 Å². The number of hydrogen-bond donors (Lipinski definition) is 2. The lowest BCUT2D eigenvalue weighted by atomic mass is 10.0. The van der Waals surface area contributed by atoms with Crippen LogP contribution in [0.3, 0.4) is 0 Å². The summed E-state index contributed by atoms with van der Waals surface area (Å²) in [7, 11) is -9.09. The van der Waals surface area contributed by atoms with Crippen molar-refractivity contribution in [1.82, 2.24) is 14.9 Å². The Bertz CT molecular complexity index is 2110. The fraction of sp³-hybridized carbons (Fsp3) is 0.565. The zero-order valence-electron chi connectivity index (χ0n) is 38.9. The number of esters is 1. The van der Waals surface area contributed by atoms with Crippen molar-refractivity contribution >= 4 is 43.3 Å². The second kappa shape index (κ2) is 24.3. The number of para-hydroxylation sites is 1. The minimum absolute atomic E-state index is 0.0391. The van der Waals surface area contributed by atoms with Gasteiger partial charge in [-0.2, -0.15) is 4.31 Å². The Kier molecular flexibility index (Phi) is 19.5. The van der Waals surface area contributed by atoms with E-state index in [1.54, 1.807) is 73.7 Å². The first kappa shape index (κ1) is 52.1. The molecule has 0 radical (unpaired) electrons. The van der Waals surface area contributed by atoms with Gasteiger partial charge in [-0.25, -0.2) is 22.6 Å². The Balaban J connectivity index is 1.44. The SMILES string of the molecule is CCOC(=O)[C@H](C)OP(=O)(Oc1ccccc1)c1ccc(CNC[C@H](NC(=O)O[C@H]2CO[C@H]3OCC[C@H]32)[C@@H](CN(CC(C)C)S(=O)(=O)c2ccc(OC)cc2)O[Si](CC)(CC)CC)cc1. The molecule has 7 atom stereocenters. The van der Waals surface area contributed by atoms with Gasteiger partial charge in [-0.15, -0.1) is 0 Å². The molecule has 1 unspecified atom stereocenters. The van der Waals surface area contributed by atoms with Crippen LogP contribution >= 0.6 is 7.60 Å². The maximum atomic E-state index is 14.5. The van der Waals surface area contributed by atoms with Gasteiger partial charge in [0.15, 0.2) is 20.7 Å². The van der Waals surface area contributed by atoms with Crippen LogP contribution in [0.4, 0.5) is 4.79 Å². The lowest BCUT2D eigenvalue weighted by molar-refractivity contribution is -0.150. The van der Waals surface area contributed by atoms with Crippen molar-refractivity contribution in [2.45, 2.75) is 115 Å². The first-order valence-corrected chi connectivity index (χ1v) is 28.1. The molecule has 3 aromatic carbocycles. The second-order valence-corrected chi connectivity index (χ2v) is 25.3. The number of ether oxygens (including phenoxy) is 5. The standard InChI is InChI=1S/C46H68N3O13PSSi/c1-9-56-44(50)34(7)60-63(52,61-37-16-14-13-15-17-37)38-22-18-35(19-23-38)28-47-29-41(48-46(51)59-43-32-58-45-40(43)26-27-57-45)42(62-65(10-2,11-3)12-4)31-49(30-33(5)6)64(53,54)39-24-20-36(55-8)21-25-39/h13-25,33-34,40-43,45,47H,9-12,26-32H2,1-8H3,(H,48,51)/t34-,40-,41-,42+,43-,45+,63?/m0/s1. The minimum atomic E-state index is -4.10. The summed E-state index contributed by atoms with van der Waals surface area (Å²) in [6.07, 6.45) is -2.87. The molecule has 0 aliphatic carbocycles. The van der Waals surface area contributed by atoms with Crippen LogP contribution < -0.4 is 25.2 Å². The largest absolute Gasteiger partial charge is 0.497 e. The van der Waals surface area contributed by atoms with Crippen molar-refractivity contribution in [3.8, 4) is 11.5 Å². The van der Waals surface area contributed by atoms with Crippen molar-refractivity contribution in [3.63, 3.8) is 0 Å². The van der Waals surface area contributed by atoms with Gasteiger partial charge in [0.05, 0.1) is 55.2 Å². The topological polar surface area (TPSA) is 186 Å². The molecule has 3 aromatic rings. The lowest BCUT2D eigenvalue weighted by Crippen LogP contribution is -2.58. The first-order chi connectivity index (χ1) is 31.1. The molecule has 360 valence electrons. The summed E-state index contributed by atoms with van der Waals surface area (Å²) < 4.78 is 91.7. The highest BCUT2D eigenvalue weighted by Crippen LogP contribution is 2.48. The van der Waals surface area contributed by atoms with Crippen molar-refractivity contribution in [1.29, 1.82) is 0 Å². The average molecular weight is 962 g/mol. The minimum Gasteiger partial charge on any atom is -0.497 e. The zero-order valence-corrected chi connectivity index (χ0v) is 41.6. The molecule has 1 amide bonds. The number of rotatable bonds is 26. The predicted octanol–water partition coefficient (Wildman–Crippen LogP) is 7.24. The van der Waals surface area contributed by atoms with Crippen LogP contribution in [-0.4, -0.2) is 110 Å². The number of fused-ring (bicyclic) bond motifs is 1.